The first-order valence-electron chi connectivity index (χ1n) is 13.4. The smallest absolute Gasteiger partial charge is 0.245 e. The summed E-state index contributed by atoms with van der Waals surface area (Å²) in [6, 6.07) is 11.7. The van der Waals surface area contributed by atoms with Crippen LogP contribution in [0.5, 0.6) is 0 Å². The molecule has 1 aliphatic carbocycles. The molecule has 0 bridgehead atoms. The number of nitrogens with one attached hydrogen (secondary N) is 2. The van der Waals surface area contributed by atoms with Gasteiger partial charge in [0.15, 0.2) is 0 Å². The third-order valence-corrected chi connectivity index (χ3v) is 8.05. The SMILES string of the molecule is CNC(C)C(=O)N[C@H](C(=O)N1CCC[C@H]1c1cncc(-n2ccc3ccccc32)c1)C1CCCCC1. The number of hydrogen-bond donors (Lipinski definition) is 2. The van der Waals surface area contributed by atoms with E-state index in [0.717, 1.165) is 55.3 Å². The van der Waals surface area contributed by atoms with E-state index < -0.39 is 6.04 Å². The maximum atomic E-state index is 14.0. The number of pyridine rings is 1. The van der Waals surface area contributed by atoms with Gasteiger partial charge in [0.1, 0.15) is 6.04 Å². The van der Waals surface area contributed by atoms with Gasteiger partial charge in [0, 0.05) is 18.9 Å². The summed E-state index contributed by atoms with van der Waals surface area (Å²) in [5.41, 5.74) is 3.18. The van der Waals surface area contributed by atoms with Crippen molar-refractivity contribution >= 4 is 22.7 Å². The average molecular weight is 488 g/mol. The van der Waals surface area contributed by atoms with E-state index in [1.165, 1.54) is 11.8 Å². The van der Waals surface area contributed by atoms with Gasteiger partial charge in [-0.3, -0.25) is 14.6 Å². The van der Waals surface area contributed by atoms with Gasteiger partial charge in [-0.2, -0.15) is 0 Å². The minimum absolute atomic E-state index is 0.0310. The molecular formula is C29H37N5O2. The van der Waals surface area contributed by atoms with Gasteiger partial charge in [-0.25, -0.2) is 0 Å². The Labute approximate surface area is 213 Å². The zero-order valence-corrected chi connectivity index (χ0v) is 21.3. The molecule has 3 aromatic rings. The summed E-state index contributed by atoms with van der Waals surface area (Å²) in [4.78, 5) is 33.4. The van der Waals surface area contributed by atoms with Crippen molar-refractivity contribution in [2.45, 2.75) is 70.0 Å². The van der Waals surface area contributed by atoms with Crippen LogP contribution in [-0.2, 0) is 9.59 Å². The van der Waals surface area contributed by atoms with Crippen molar-refractivity contribution in [1.82, 2.24) is 25.1 Å². The molecule has 7 nitrogen and oxygen atoms in total. The minimum atomic E-state index is -0.473. The van der Waals surface area contributed by atoms with Gasteiger partial charge in [0.05, 0.1) is 29.5 Å². The predicted molar refractivity (Wildman–Crippen MR) is 142 cm³/mol. The maximum Gasteiger partial charge on any atom is 0.245 e. The Morgan fingerprint density at radius 1 is 1.03 bits per heavy atom. The van der Waals surface area contributed by atoms with Crippen LogP contribution in [0, 0.1) is 5.92 Å². The second-order valence-electron chi connectivity index (χ2n) is 10.3. The van der Waals surface area contributed by atoms with Gasteiger partial charge in [-0.15, -0.1) is 0 Å². The van der Waals surface area contributed by atoms with Crippen molar-refractivity contribution < 1.29 is 9.59 Å². The molecular weight excluding hydrogens is 450 g/mol. The zero-order valence-electron chi connectivity index (χ0n) is 21.3. The van der Waals surface area contributed by atoms with Crippen molar-refractivity contribution in [1.29, 1.82) is 0 Å². The Bertz CT molecular complexity index is 1220. The van der Waals surface area contributed by atoms with Crippen molar-refractivity contribution in [3.05, 3.63) is 60.6 Å². The highest BCUT2D eigenvalue weighted by molar-refractivity contribution is 5.90. The minimum Gasteiger partial charge on any atom is -0.343 e. The molecule has 2 N–H and O–H groups in total. The van der Waals surface area contributed by atoms with Crippen molar-refractivity contribution in [3.63, 3.8) is 0 Å². The summed E-state index contributed by atoms with van der Waals surface area (Å²) in [5.74, 6) is 0.134. The highest BCUT2D eigenvalue weighted by atomic mass is 16.2. The third-order valence-electron chi connectivity index (χ3n) is 8.05. The number of carbonyl (C=O) groups is 2. The number of rotatable bonds is 7. The summed E-state index contributed by atoms with van der Waals surface area (Å²) in [7, 11) is 1.77. The molecule has 1 saturated heterocycles. The predicted octanol–water partition coefficient (Wildman–Crippen LogP) is 4.36. The largest absolute Gasteiger partial charge is 0.343 e. The van der Waals surface area contributed by atoms with Crippen LogP contribution in [0.3, 0.4) is 0 Å². The van der Waals surface area contributed by atoms with Gasteiger partial charge in [-0.05, 0) is 74.7 Å². The highest BCUT2D eigenvalue weighted by Crippen LogP contribution is 2.35. The van der Waals surface area contributed by atoms with Gasteiger partial charge >= 0.3 is 0 Å². The number of carbonyl (C=O) groups excluding carboxylic acids is 2. The number of hydrogen-bond acceptors (Lipinski definition) is 4. The molecule has 1 unspecified atom stereocenters. The lowest BCUT2D eigenvalue weighted by atomic mass is 9.83. The van der Waals surface area contributed by atoms with Crippen molar-refractivity contribution in [2.24, 2.45) is 5.92 Å². The molecule has 2 aliphatic rings. The van der Waals surface area contributed by atoms with E-state index in [-0.39, 0.29) is 29.8 Å². The number of amides is 2. The van der Waals surface area contributed by atoms with Crippen molar-refractivity contribution in [2.75, 3.05) is 13.6 Å². The summed E-state index contributed by atoms with van der Waals surface area (Å²) in [6.07, 6.45) is 13.1. The number of likely N-dealkylation sites (tertiary alicyclic amines) is 1. The fraction of sp³-hybridized carbons (Fsp3) is 0.483. The summed E-state index contributed by atoms with van der Waals surface area (Å²) in [5, 5.41) is 7.31. The molecule has 1 aliphatic heterocycles. The fourth-order valence-electron chi connectivity index (χ4n) is 5.88. The van der Waals surface area contributed by atoms with E-state index in [4.69, 9.17) is 0 Å². The van der Waals surface area contributed by atoms with E-state index in [0.29, 0.717) is 6.54 Å². The van der Waals surface area contributed by atoms with E-state index >= 15 is 0 Å². The molecule has 2 amide bonds. The summed E-state index contributed by atoms with van der Waals surface area (Å²) < 4.78 is 2.15. The monoisotopic (exact) mass is 487 g/mol. The van der Waals surface area contributed by atoms with Crippen LogP contribution in [0.2, 0.25) is 0 Å². The molecule has 5 rings (SSSR count). The second-order valence-corrected chi connectivity index (χ2v) is 10.3. The van der Waals surface area contributed by atoms with E-state index in [2.05, 4.69) is 50.6 Å². The average Bonchev–Trinajstić information content (AvgIpc) is 3.59. The molecule has 36 heavy (non-hydrogen) atoms. The first kappa shape index (κ1) is 24.5. The molecule has 3 heterocycles. The van der Waals surface area contributed by atoms with E-state index in [1.54, 1.807) is 7.05 Å². The normalized spacial score (nSPS) is 20.4. The van der Waals surface area contributed by atoms with Crippen LogP contribution in [-0.4, -0.2) is 51.9 Å². The fourth-order valence-corrected chi connectivity index (χ4v) is 5.88. The van der Waals surface area contributed by atoms with Gasteiger partial charge < -0.3 is 20.1 Å². The quantitative estimate of drug-likeness (QED) is 0.519. The Morgan fingerprint density at radius 2 is 1.83 bits per heavy atom. The van der Waals surface area contributed by atoms with Crippen LogP contribution in [0.25, 0.3) is 16.6 Å². The third kappa shape index (κ3) is 4.89. The summed E-state index contributed by atoms with van der Waals surface area (Å²) >= 11 is 0. The molecule has 1 aromatic carbocycles. The Hall–Kier alpha value is -3.19. The van der Waals surface area contributed by atoms with Crippen LogP contribution >= 0.6 is 0 Å². The number of fused-ring (bicyclic) bond motifs is 1. The van der Waals surface area contributed by atoms with Gasteiger partial charge in [0.25, 0.3) is 0 Å². The number of nitrogens with zero attached hydrogens (tertiary/aromatic N) is 3. The number of likely N-dealkylation sites (N-methyl/N-ethyl adjacent to an activating group) is 1. The standard InChI is InChI=1S/C29H37N5O2/c1-20(30-2)28(35)32-27(22-10-4-3-5-11-22)29(36)34-15-8-13-26(34)23-17-24(19-31-18-23)33-16-14-21-9-6-7-12-25(21)33/h6-7,9,12,14,16-20,22,26-27,30H,3-5,8,10-11,13,15H2,1-2H3,(H,32,35)/t20?,26-,27-/m0/s1. The number of para-hydroxylation sites is 1. The zero-order chi connectivity index (χ0) is 25.1. The molecule has 0 spiro atoms. The lowest BCUT2D eigenvalue weighted by Gasteiger charge is -2.35. The lowest BCUT2D eigenvalue weighted by molar-refractivity contribution is -0.139. The highest BCUT2D eigenvalue weighted by Gasteiger charge is 2.39. The van der Waals surface area contributed by atoms with Crippen LogP contribution in [0.4, 0.5) is 0 Å². The first-order valence-corrected chi connectivity index (χ1v) is 13.4. The second kappa shape index (κ2) is 10.8. The molecule has 3 atom stereocenters. The van der Waals surface area contributed by atoms with E-state index in [9.17, 15) is 9.59 Å². The summed E-state index contributed by atoms with van der Waals surface area (Å²) in [6.45, 7) is 2.54. The van der Waals surface area contributed by atoms with Crippen molar-refractivity contribution in [3.8, 4) is 5.69 Å². The Morgan fingerprint density at radius 3 is 2.64 bits per heavy atom. The lowest BCUT2D eigenvalue weighted by Crippen LogP contribution is -2.55. The first-order chi connectivity index (χ1) is 17.6. The molecule has 2 aromatic heterocycles. The molecule has 0 radical (unpaired) electrons. The molecule has 190 valence electrons. The van der Waals surface area contributed by atoms with Crippen LogP contribution in [0.15, 0.2) is 55.0 Å². The van der Waals surface area contributed by atoms with Crippen LogP contribution < -0.4 is 10.6 Å². The Kier molecular flexibility index (Phi) is 7.37. The topological polar surface area (TPSA) is 79.3 Å². The Balaban J connectivity index is 1.41. The molecule has 1 saturated carbocycles. The van der Waals surface area contributed by atoms with Gasteiger partial charge in [0.2, 0.25) is 11.8 Å². The molecule has 2 fully saturated rings. The maximum absolute atomic E-state index is 14.0. The number of benzene rings is 1. The van der Waals surface area contributed by atoms with Crippen LogP contribution in [0.1, 0.15) is 63.5 Å². The molecule has 7 heteroatoms. The van der Waals surface area contributed by atoms with E-state index in [1.807, 2.05) is 36.4 Å². The van der Waals surface area contributed by atoms with Gasteiger partial charge in [-0.1, -0.05) is 37.5 Å². The number of aromatic nitrogens is 2.